The lowest BCUT2D eigenvalue weighted by atomic mass is 9.95. The first-order chi connectivity index (χ1) is 8.84. The Balaban J connectivity index is 2.42. The molecule has 0 aliphatic rings. The van der Waals surface area contributed by atoms with Crippen molar-refractivity contribution in [1.29, 1.82) is 0 Å². The van der Waals surface area contributed by atoms with Crippen LogP contribution in [0.25, 0.3) is 0 Å². The number of nitrogens with one attached hydrogen (secondary N) is 1. The van der Waals surface area contributed by atoms with Gasteiger partial charge in [0.15, 0.2) is 18.2 Å². The molecule has 0 aromatic heterocycles. The molecule has 6 heteroatoms. The van der Waals surface area contributed by atoms with Crippen LogP contribution in [0.1, 0.15) is 13.8 Å². The Labute approximate surface area is 120 Å². The highest BCUT2D eigenvalue weighted by molar-refractivity contribution is 9.10. The molecule has 2 N–H and O–H groups in total. The van der Waals surface area contributed by atoms with Gasteiger partial charge in [0.25, 0.3) is 5.91 Å². The number of amides is 1. The average molecular weight is 334 g/mol. The lowest BCUT2D eigenvalue weighted by Gasteiger charge is -2.21. The van der Waals surface area contributed by atoms with Crippen LogP contribution in [0.5, 0.6) is 5.75 Å². The first-order valence-corrected chi connectivity index (χ1v) is 6.59. The maximum Gasteiger partial charge on any atom is 0.257 e. The van der Waals surface area contributed by atoms with Crippen LogP contribution < -0.4 is 10.1 Å². The molecule has 0 saturated heterocycles. The predicted molar refractivity (Wildman–Crippen MR) is 73.5 cm³/mol. The first-order valence-electron chi connectivity index (χ1n) is 5.79. The Morgan fingerprint density at radius 3 is 2.79 bits per heavy atom. The summed E-state index contributed by atoms with van der Waals surface area (Å²) in [6.07, 6.45) is 0. The minimum Gasteiger partial charge on any atom is -0.481 e. The molecule has 0 spiro atoms. The van der Waals surface area contributed by atoms with E-state index >= 15 is 0 Å². The van der Waals surface area contributed by atoms with Gasteiger partial charge in [-0.1, -0.05) is 29.8 Å². The average Bonchev–Trinajstić information content (AvgIpc) is 2.35. The van der Waals surface area contributed by atoms with Gasteiger partial charge >= 0.3 is 0 Å². The zero-order chi connectivity index (χ0) is 14.5. The normalized spacial score (nSPS) is 11.2. The van der Waals surface area contributed by atoms with Gasteiger partial charge in [0, 0.05) is 23.0 Å². The van der Waals surface area contributed by atoms with Crippen molar-refractivity contribution < 1.29 is 19.0 Å². The van der Waals surface area contributed by atoms with Crippen molar-refractivity contribution in [1.82, 2.24) is 5.32 Å². The second-order valence-electron chi connectivity index (χ2n) is 4.96. The molecule has 0 heterocycles. The fraction of sp³-hybridized carbons (Fsp3) is 0.462. The smallest absolute Gasteiger partial charge is 0.257 e. The Hall–Kier alpha value is -1.14. The number of benzene rings is 1. The van der Waals surface area contributed by atoms with Gasteiger partial charge < -0.3 is 15.2 Å². The summed E-state index contributed by atoms with van der Waals surface area (Å²) in [6.45, 7) is 3.68. The highest BCUT2D eigenvalue weighted by Gasteiger charge is 2.17. The molecule has 1 amide bonds. The molecule has 1 rings (SSSR count). The number of hydrogen-bond donors (Lipinski definition) is 2. The summed E-state index contributed by atoms with van der Waals surface area (Å²) < 4.78 is 19.1. The van der Waals surface area contributed by atoms with Crippen LogP contribution in [0, 0.1) is 11.2 Å². The third-order valence-corrected chi connectivity index (χ3v) is 2.94. The maximum atomic E-state index is 13.4. The van der Waals surface area contributed by atoms with Crippen molar-refractivity contribution in [2.24, 2.45) is 5.41 Å². The molecule has 0 bridgehead atoms. The van der Waals surface area contributed by atoms with Crippen LogP contribution >= 0.6 is 15.9 Å². The predicted octanol–water partition coefficient (Wildman–Crippen LogP) is 2.10. The standard InChI is InChI=1S/C13H17BrFNO3/c1-13(2,8-17)7-16-12(18)6-19-11-4-3-9(14)5-10(11)15/h3-5,17H,6-8H2,1-2H3,(H,16,18). The SMILES string of the molecule is CC(C)(CO)CNC(=O)COc1ccc(Br)cc1F. The van der Waals surface area contributed by atoms with Crippen LogP contribution in [0.3, 0.4) is 0 Å². The topological polar surface area (TPSA) is 58.6 Å². The molecule has 4 nitrogen and oxygen atoms in total. The Kier molecular flexibility index (Phi) is 5.75. The summed E-state index contributed by atoms with van der Waals surface area (Å²) in [4.78, 5) is 11.5. The van der Waals surface area contributed by atoms with E-state index in [1.165, 1.54) is 12.1 Å². The summed E-state index contributed by atoms with van der Waals surface area (Å²) >= 11 is 3.13. The number of carbonyl (C=O) groups is 1. The van der Waals surface area contributed by atoms with E-state index in [9.17, 15) is 9.18 Å². The molecular formula is C13H17BrFNO3. The summed E-state index contributed by atoms with van der Waals surface area (Å²) in [6, 6.07) is 4.34. The van der Waals surface area contributed by atoms with Gasteiger partial charge in [-0.25, -0.2) is 4.39 Å². The van der Waals surface area contributed by atoms with Crippen LogP contribution in [0.2, 0.25) is 0 Å². The number of halogens is 2. The van der Waals surface area contributed by atoms with Crippen molar-refractivity contribution in [2.75, 3.05) is 19.8 Å². The number of hydrogen-bond acceptors (Lipinski definition) is 3. The van der Waals surface area contributed by atoms with Gasteiger partial charge in [0.1, 0.15) is 0 Å². The minimum absolute atomic E-state index is 0.0276. The third kappa shape index (κ3) is 5.57. The zero-order valence-corrected chi connectivity index (χ0v) is 12.5. The van der Waals surface area contributed by atoms with E-state index in [-0.39, 0.29) is 24.9 Å². The molecule has 0 saturated carbocycles. The molecule has 1 aromatic carbocycles. The maximum absolute atomic E-state index is 13.4. The quantitative estimate of drug-likeness (QED) is 0.838. The molecule has 0 unspecified atom stereocenters. The van der Waals surface area contributed by atoms with Gasteiger partial charge in [0.2, 0.25) is 0 Å². The third-order valence-electron chi connectivity index (χ3n) is 2.44. The highest BCUT2D eigenvalue weighted by Crippen LogP contribution is 2.21. The van der Waals surface area contributed by atoms with E-state index in [2.05, 4.69) is 21.2 Å². The lowest BCUT2D eigenvalue weighted by molar-refractivity contribution is -0.123. The highest BCUT2D eigenvalue weighted by atomic mass is 79.9. The van der Waals surface area contributed by atoms with E-state index < -0.39 is 11.2 Å². The van der Waals surface area contributed by atoms with Crippen LogP contribution in [-0.4, -0.2) is 30.8 Å². The minimum atomic E-state index is -0.530. The molecular weight excluding hydrogens is 317 g/mol. The van der Waals surface area contributed by atoms with Crippen LogP contribution in [0.15, 0.2) is 22.7 Å². The Bertz CT molecular complexity index is 452. The fourth-order valence-corrected chi connectivity index (χ4v) is 1.51. The molecule has 0 radical (unpaired) electrons. The molecule has 0 aliphatic heterocycles. The molecule has 0 aliphatic carbocycles. The van der Waals surface area contributed by atoms with Gasteiger partial charge in [0.05, 0.1) is 0 Å². The first kappa shape index (κ1) is 15.9. The van der Waals surface area contributed by atoms with Crippen molar-refractivity contribution in [3.05, 3.63) is 28.5 Å². The second kappa shape index (κ2) is 6.86. The fourth-order valence-electron chi connectivity index (χ4n) is 1.18. The van der Waals surface area contributed by atoms with Crippen molar-refractivity contribution in [3.8, 4) is 5.75 Å². The summed E-state index contributed by atoms with van der Waals surface area (Å²) in [5.41, 5.74) is -0.390. The number of aliphatic hydroxyl groups is 1. The lowest BCUT2D eigenvalue weighted by Crippen LogP contribution is -2.38. The summed E-state index contributed by atoms with van der Waals surface area (Å²) in [5.74, 6) is -0.860. The second-order valence-corrected chi connectivity index (χ2v) is 5.88. The van der Waals surface area contributed by atoms with E-state index in [1.54, 1.807) is 6.07 Å². The number of ether oxygens (including phenoxy) is 1. The number of carbonyl (C=O) groups excluding carboxylic acids is 1. The molecule has 0 fully saturated rings. The number of aliphatic hydroxyl groups excluding tert-OH is 1. The van der Waals surface area contributed by atoms with Gasteiger partial charge in [-0.15, -0.1) is 0 Å². The van der Waals surface area contributed by atoms with Gasteiger partial charge in [-0.05, 0) is 18.2 Å². The van der Waals surface area contributed by atoms with E-state index in [0.29, 0.717) is 11.0 Å². The van der Waals surface area contributed by atoms with Crippen molar-refractivity contribution in [2.45, 2.75) is 13.8 Å². The molecule has 106 valence electrons. The largest absolute Gasteiger partial charge is 0.481 e. The van der Waals surface area contributed by atoms with Crippen molar-refractivity contribution in [3.63, 3.8) is 0 Å². The van der Waals surface area contributed by atoms with E-state index in [1.807, 2.05) is 13.8 Å². The van der Waals surface area contributed by atoms with Crippen LogP contribution in [-0.2, 0) is 4.79 Å². The van der Waals surface area contributed by atoms with Gasteiger partial charge in [-0.2, -0.15) is 0 Å². The van der Waals surface area contributed by atoms with E-state index in [4.69, 9.17) is 9.84 Å². The van der Waals surface area contributed by atoms with Gasteiger partial charge in [-0.3, -0.25) is 4.79 Å². The number of rotatable bonds is 6. The summed E-state index contributed by atoms with van der Waals surface area (Å²) in [5, 5.41) is 11.7. The zero-order valence-electron chi connectivity index (χ0n) is 10.9. The van der Waals surface area contributed by atoms with Crippen molar-refractivity contribution >= 4 is 21.8 Å². The Morgan fingerprint density at radius 1 is 1.53 bits per heavy atom. The van der Waals surface area contributed by atoms with E-state index in [0.717, 1.165) is 0 Å². The molecule has 1 aromatic rings. The monoisotopic (exact) mass is 333 g/mol. The molecule has 0 atom stereocenters. The van der Waals surface area contributed by atoms with Crippen LogP contribution in [0.4, 0.5) is 4.39 Å². The molecule has 19 heavy (non-hydrogen) atoms. The Morgan fingerprint density at radius 2 is 2.21 bits per heavy atom. The summed E-state index contributed by atoms with van der Waals surface area (Å²) in [7, 11) is 0.